The molecule has 172 valence electrons. The van der Waals surface area contributed by atoms with Crippen LogP contribution >= 0.6 is 23.2 Å². The van der Waals surface area contributed by atoms with Gasteiger partial charge in [0.15, 0.2) is 6.29 Å². The van der Waals surface area contributed by atoms with Crippen molar-refractivity contribution in [2.24, 2.45) is 0 Å². The molecule has 3 rings (SSSR count). The Hall–Kier alpha value is -2.81. The number of aryl methyl sites for hydroxylation is 1. The number of benzene rings is 2. The van der Waals surface area contributed by atoms with Gasteiger partial charge in [0.25, 0.3) is 0 Å². The number of carboxylic acid groups (broad SMARTS) is 1. The van der Waals surface area contributed by atoms with Gasteiger partial charge in [-0.2, -0.15) is 5.10 Å². The fourth-order valence-electron chi connectivity index (χ4n) is 2.56. The average molecular weight is 483 g/mol. The molecule has 0 saturated carbocycles. The molecule has 2 aromatic carbocycles. The van der Waals surface area contributed by atoms with Crippen molar-refractivity contribution in [1.29, 1.82) is 0 Å². The Morgan fingerprint density at radius 1 is 1.25 bits per heavy atom. The quantitative estimate of drug-likeness (QED) is 0.483. The second-order valence-corrected chi connectivity index (χ2v) is 7.00. The highest BCUT2D eigenvalue weighted by Gasteiger charge is 2.18. The molecule has 1 aromatic heterocycles. The van der Waals surface area contributed by atoms with Gasteiger partial charge >= 0.3 is 5.97 Å². The van der Waals surface area contributed by atoms with Crippen LogP contribution in [0.2, 0.25) is 10.0 Å². The van der Waals surface area contributed by atoms with Crippen molar-refractivity contribution in [3.05, 3.63) is 75.5 Å². The number of rotatable bonds is 6. The maximum absolute atomic E-state index is 12.8. The van der Waals surface area contributed by atoms with Gasteiger partial charge in [0.2, 0.25) is 0 Å². The van der Waals surface area contributed by atoms with Crippen LogP contribution in [0.5, 0.6) is 0 Å². The summed E-state index contributed by atoms with van der Waals surface area (Å²) in [5.41, 5.74) is 1.43. The van der Waals surface area contributed by atoms with Gasteiger partial charge in [0, 0.05) is 6.54 Å². The Morgan fingerprint density at radius 3 is 2.31 bits per heavy atom. The summed E-state index contributed by atoms with van der Waals surface area (Å²) in [4.78, 5) is 25.5. The molecule has 0 aliphatic carbocycles. The maximum Gasteiger partial charge on any atom is 0.312 e. The third-order valence-electron chi connectivity index (χ3n) is 4.01. The molecule has 0 aliphatic rings. The molecule has 0 spiro atoms. The summed E-state index contributed by atoms with van der Waals surface area (Å²) in [6.07, 6.45) is 2.18. The van der Waals surface area contributed by atoms with Crippen LogP contribution in [0.15, 0.2) is 42.7 Å². The number of halogens is 3. The zero-order chi connectivity index (χ0) is 24.3. The van der Waals surface area contributed by atoms with Gasteiger partial charge in [0.05, 0.1) is 27.2 Å². The SMILES string of the molecule is CC.CNCC(C(=O)O)c1cccc(F)c1.Cc1ncn(-c2cc(Cl)c(C=O)c(Cl)c2)n1. The van der Waals surface area contributed by atoms with Gasteiger partial charge in [-0.1, -0.05) is 49.2 Å². The van der Waals surface area contributed by atoms with Crippen LogP contribution in [-0.2, 0) is 4.79 Å². The van der Waals surface area contributed by atoms with E-state index in [1.54, 1.807) is 43.2 Å². The van der Waals surface area contributed by atoms with Gasteiger partial charge < -0.3 is 10.4 Å². The summed E-state index contributed by atoms with van der Waals surface area (Å²) < 4.78 is 14.4. The molecule has 0 fully saturated rings. The van der Waals surface area contributed by atoms with Gasteiger partial charge in [-0.05, 0) is 43.8 Å². The molecule has 0 aliphatic heterocycles. The number of likely N-dealkylation sites (N-methyl/N-ethyl adjacent to an activating group) is 1. The maximum atomic E-state index is 12.8. The summed E-state index contributed by atoms with van der Waals surface area (Å²) in [5, 5.41) is 16.4. The Labute approximate surface area is 196 Å². The number of hydrogen-bond acceptors (Lipinski definition) is 5. The van der Waals surface area contributed by atoms with E-state index < -0.39 is 17.7 Å². The molecule has 1 heterocycles. The summed E-state index contributed by atoms with van der Waals surface area (Å²) in [5.74, 6) is -1.42. The largest absolute Gasteiger partial charge is 0.481 e. The minimum atomic E-state index is -0.954. The standard InChI is InChI=1S/C10H7Cl2N3O.C10H12FNO2.C2H6/c1-6-13-5-15(14-6)7-2-9(11)8(4-16)10(12)3-7;1-12-6-9(10(13)14)7-3-2-4-8(11)5-7;1-2/h2-5H,1H3;2-5,9,12H,6H2,1H3,(H,13,14);1-2H3. The van der Waals surface area contributed by atoms with Crippen molar-refractivity contribution in [2.75, 3.05) is 13.6 Å². The van der Waals surface area contributed by atoms with Crippen LogP contribution in [-0.4, -0.2) is 45.7 Å². The highest BCUT2D eigenvalue weighted by atomic mass is 35.5. The van der Waals surface area contributed by atoms with Crippen LogP contribution in [0.3, 0.4) is 0 Å². The lowest BCUT2D eigenvalue weighted by Gasteiger charge is -2.11. The molecule has 0 radical (unpaired) electrons. The summed E-state index contributed by atoms with van der Waals surface area (Å²) in [6, 6.07) is 8.89. The number of nitrogens with one attached hydrogen (secondary N) is 1. The highest BCUT2D eigenvalue weighted by Crippen LogP contribution is 2.26. The monoisotopic (exact) mass is 482 g/mol. The summed E-state index contributed by atoms with van der Waals surface area (Å²) in [7, 11) is 1.66. The topological polar surface area (TPSA) is 97.1 Å². The molecule has 3 aromatic rings. The molecule has 0 bridgehead atoms. The molecule has 32 heavy (non-hydrogen) atoms. The lowest BCUT2D eigenvalue weighted by Crippen LogP contribution is -2.24. The predicted octanol–water partition coefficient (Wildman–Crippen LogP) is 4.93. The Kier molecular flexibility index (Phi) is 11.5. The van der Waals surface area contributed by atoms with Gasteiger partial charge in [-0.3, -0.25) is 9.59 Å². The summed E-state index contributed by atoms with van der Waals surface area (Å²) >= 11 is 11.8. The lowest BCUT2D eigenvalue weighted by atomic mass is 9.99. The van der Waals surface area contributed by atoms with Crippen LogP contribution in [0.25, 0.3) is 5.69 Å². The van der Waals surface area contributed by atoms with Crippen molar-refractivity contribution in [3.8, 4) is 5.69 Å². The summed E-state index contributed by atoms with van der Waals surface area (Å²) in [6.45, 7) is 6.07. The smallest absolute Gasteiger partial charge is 0.312 e. The molecular weight excluding hydrogens is 458 g/mol. The van der Waals surface area contributed by atoms with E-state index in [2.05, 4.69) is 15.4 Å². The zero-order valence-corrected chi connectivity index (χ0v) is 19.7. The Balaban J connectivity index is 0.000000300. The van der Waals surface area contributed by atoms with E-state index in [9.17, 15) is 14.0 Å². The van der Waals surface area contributed by atoms with Crippen molar-refractivity contribution < 1.29 is 19.1 Å². The number of carboxylic acids is 1. The van der Waals surface area contributed by atoms with Crippen LogP contribution in [0.1, 0.15) is 41.5 Å². The minimum absolute atomic E-state index is 0.281. The molecule has 7 nitrogen and oxygen atoms in total. The molecule has 1 unspecified atom stereocenters. The molecule has 0 saturated heterocycles. The Bertz CT molecular complexity index is 1020. The molecule has 2 N–H and O–H groups in total. The number of carbonyl (C=O) groups is 2. The molecule has 0 amide bonds. The van der Waals surface area contributed by atoms with E-state index >= 15 is 0 Å². The first-order chi connectivity index (χ1) is 15.3. The predicted molar refractivity (Wildman–Crippen MR) is 124 cm³/mol. The molecule has 1 atom stereocenters. The van der Waals surface area contributed by atoms with E-state index in [0.29, 0.717) is 40.0 Å². The van der Waals surface area contributed by atoms with Crippen molar-refractivity contribution >= 4 is 35.5 Å². The molecular formula is C22H25Cl2FN4O3. The number of aromatic nitrogens is 3. The first-order valence-corrected chi connectivity index (χ1v) is 10.5. The number of aliphatic carboxylic acids is 1. The van der Waals surface area contributed by atoms with Crippen molar-refractivity contribution in [3.63, 3.8) is 0 Å². The average Bonchev–Trinajstić information content (AvgIpc) is 3.20. The van der Waals surface area contributed by atoms with E-state index in [1.807, 2.05) is 13.8 Å². The highest BCUT2D eigenvalue weighted by molar-refractivity contribution is 6.38. The van der Waals surface area contributed by atoms with E-state index in [-0.39, 0.29) is 5.56 Å². The Morgan fingerprint density at radius 2 is 1.88 bits per heavy atom. The fraction of sp³-hybridized carbons (Fsp3) is 0.273. The zero-order valence-electron chi connectivity index (χ0n) is 18.1. The number of carbonyl (C=O) groups excluding carboxylic acids is 1. The van der Waals surface area contributed by atoms with Crippen LogP contribution in [0.4, 0.5) is 4.39 Å². The minimum Gasteiger partial charge on any atom is -0.481 e. The van der Waals surface area contributed by atoms with E-state index in [1.165, 1.54) is 18.2 Å². The normalized spacial score (nSPS) is 10.8. The second kappa shape index (κ2) is 13.6. The fourth-order valence-corrected chi connectivity index (χ4v) is 3.13. The van der Waals surface area contributed by atoms with Gasteiger partial charge in [-0.25, -0.2) is 14.1 Å². The van der Waals surface area contributed by atoms with Gasteiger partial charge in [0.1, 0.15) is 18.0 Å². The van der Waals surface area contributed by atoms with Crippen LogP contribution in [0, 0.1) is 12.7 Å². The first kappa shape index (κ1) is 27.2. The third kappa shape index (κ3) is 7.71. The van der Waals surface area contributed by atoms with Crippen molar-refractivity contribution in [1.82, 2.24) is 20.1 Å². The van der Waals surface area contributed by atoms with Gasteiger partial charge in [-0.15, -0.1) is 0 Å². The van der Waals surface area contributed by atoms with E-state index in [4.69, 9.17) is 28.3 Å². The third-order valence-corrected chi connectivity index (χ3v) is 4.64. The van der Waals surface area contributed by atoms with Crippen LogP contribution < -0.4 is 5.32 Å². The number of nitrogens with zero attached hydrogens (tertiary/aromatic N) is 3. The van der Waals surface area contributed by atoms with Crippen molar-refractivity contribution in [2.45, 2.75) is 26.7 Å². The second-order valence-electron chi connectivity index (χ2n) is 6.18. The lowest BCUT2D eigenvalue weighted by molar-refractivity contribution is -0.138. The first-order valence-electron chi connectivity index (χ1n) is 9.72. The molecule has 10 heteroatoms. The number of hydrogen-bond donors (Lipinski definition) is 2. The number of aldehydes is 1. The van der Waals surface area contributed by atoms with E-state index in [0.717, 1.165) is 0 Å².